The van der Waals surface area contributed by atoms with Crippen LogP contribution < -0.4 is 9.47 Å². The second kappa shape index (κ2) is 6.91. The molecular formula is C15H17N3O4S. The molecule has 3 rings (SSSR count). The van der Waals surface area contributed by atoms with Crippen molar-refractivity contribution in [3.8, 4) is 11.5 Å². The first kappa shape index (κ1) is 15.7. The fourth-order valence-corrected chi connectivity index (χ4v) is 2.88. The summed E-state index contributed by atoms with van der Waals surface area (Å²) < 4.78 is 16.7. The lowest BCUT2D eigenvalue weighted by atomic mass is 10.2. The number of hydrogen-bond donors (Lipinski definition) is 0. The zero-order chi connectivity index (χ0) is 16.2. The van der Waals surface area contributed by atoms with Crippen molar-refractivity contribution in [2.45, 2.75) is 18.3 Å². The first-order valence-corrected chi connectivity index (χ1v) is 8.16. The molecule has 0 N–H and O–H groups in total. The van der Waals surface area contributed by atoms with Crippen LogP contribution in [0.1, 0.15) is 5.89 Å². The van der Waals surface area contributed by atoms with Crippen LogP contribution in [0.15, 0.2) is 33.9 Å². The van der Waals surface area contributed by atoms with Gasteiger partial charge in [-0.25, -0.2) is 0 Å². The summed E-state index contributed by atoms with van der Waals surface area (Å²) in [5.74, 6) is 2.14. The van der Waals surface area contributed by atoms with Gasteiger partial charge in [-0.15, -0.1) is 10.2 Å². The minimum absolute atomic E-state index is 0.0340. The maximum absolute atomic E-state index is 12.2. The third-order valence-electron chi connectivity index (χ3n) is 3.30. The molecule has 0 saturated carbocycles. The highest BCUT2D eigenvalue weighted by molar-refractivity contribution is 7.99. The average molecular weight is 335 g/mol. The van der Waals surface area contributed by atoms with Gasteiger partial charge >= 0.3 is 0 Å². The summed E-state index contributed by atoms with van der Waals surface area (Å²) in [7, 11) is 1.74. The van der Waals surface area contributed by atoms with E-state index in [0.717, 1.165) is 5.75 Å². The van der Waals surface area contributed by atoms with Crippen molar-refractivity contribution in [3.63, 3.8) is 0 Å². The quantitative estimate of drug-likeness (QED) is 0.771. The molecule has 2 heterocycles. The molecule has 0 unspecified atom stereocenters. The molecule has 1 aliphatic heterocycles. The molecule has 122 valence electrons. The van der Waals surface area contributed by atoms with Gasteiger partial charge in [-0.3, -0.25) is 4.79 Å². The second-order valence-corrected chi connectivity index (χ2v) is 6.07. The molecule has 0 radical (unpaired) electrons. The molecule has 8 heteroatoms. The summed E-state index contributed by atoms with van der Waals surface area (Å²) in [6.45, 7) is 2.59. The van der Waals surface area contributed by atoms with Gasteiger partial charge < -0.3 is 18.8 Å². The minimum Gasteiger partial charge on any atom is -0.486 e. The molecule has 7 nitrogen and oxygen atoms in total. The van der Waals surface area contributed by atoms with Crippen LogP contribution in [0.4, 0.5) is 0 Å². The molecule has 0 spiro atoms. The van der Waals surface area contributed by atoms with Crippen molar-refractivity contribution in [2.75, 3.05) is 26.0 Å². The lowest BCUT2D eigenvalue weighted by Crippen LogP contribution is -2.42. The number of aromatic nitrogens is 2. The Kier molecular flexibility index (Phi) is 4.71. The maximum atomic E-state index is 12.2. The van der Waals surface area contributed by atoms with Gasteiger partial charge in [0.05, 0.1) is 12.3 Å². The Bertz CT molecular complexity index is 691. The highest BCUT2D eigenvalue weighted by Gasteiger charge is 2.23. The molecule has 1 atom stereocenters. The van der Waals surface area contributed by atoms with Crippen LogP contribution in [0.3, 0.4) is 0 Å². The molecule has 1 aromatic heterocycles. The van der Waals surface area contributed by atoms with Crippen LogP contribution in [-0.4, -0.2) is 53.1 Å². The molecule has 23 heavy (non-hydrogen) atoms. The van der Waals surface area contributed by atoms with E-state index in [4.69, 9.17) is 13.9 Å². The number of amides is 1. The number of carbonyl (C=O) groups is 1. The number of nitrogens with zero attached hydrogens (tertiary/aromatic N) is 3. The van der Waals surface area contributed by atoms with Gasteiger partial charge in [-0.2, -0.15) is 0 Å². The van der Waals surface area contributed by atoms with E-state index in [-0.39, 0.29) is 17.8 Å². The Hall–Kier alpha value is -2.22. The predicted molar refractivity (Wildman–Crippen MR) is 83.7 cm³/mol. The maximum Gasteiger partial charge on any atom is 0.277 e. The highest BCUT2D eigenvalue weighted by Crippen LogP contribution is 2.31. The third kappa shape index (κ3) is 3.95. The Morgan fingerprint density at radius 2 is 2.13 bits per heavy atom. The number of rotatable bonds is 5. The van der Waals surface area contributed by atoms with E-state index < -0.39 is 0 Å². The number of para-hydroxylation sites is 2. The lowest BCUT2D eigenvalue weighted by Gasteiger charge is -2.29. The van der Waals surface area contributed by atoms with Crippen molar-refractivity contribution < 1.29 is 18.7 Å². The van der Waals surface area contributed by atoms with Gasteiger partial charge in [-0.1, -0.05) is 23.9 Å². The molecule has 1 amide bonds. The number of likely N-dealkylation sites (N-methyl/N-ethyl adjacent to an activating group) is 1. The number of fused-ring (bicyclic) bond motifs is 1. The zero-order valence-electron chi connectivity index (χ0n) is 12.9. The van der Waals surface area contributed by atoms with Crippen molar-refractivity contribution in [3.05, 3.63) is 30.2 Å². The summed E-state index contributed by atoms with van der Waals surface area (Å²) in [6.07, 6.45) is -0.186. The number of ether oxygens (including phenoxy) is 2. The lowest BCUT2D eigenvalue weighted by molar-refractivity contribution is -0.128. The average Bonchev–Trinajstić information content (AvgIpc) is 2.98. The summed E-state index contributed by atoms with van der Waals surface area (Å²) in [4.78, 5) is 13.8. The van der Waals surface area contributed by atoms with Crippen LogP contribution >= 0.6 is 11.8 Å². The summed E-state index contributed by atoms with van der Waals surface area (Å²) in [5.41, 5.74) is 0. The Morgan fingerprint density at radius 1 is 1.35 bits per heavy atom. The van der Waals surface area contributed by atoms with Crippen LogP contribution in [0.25, 0.3) is 0 Å². The van der Waals surface area contributed by atoms with Gasteiger partial charge in [0.25, 0.3) is 5.22 Å². The van der Waals surface area contributed by atoms with Crippen molar-refractivity contribution >= 4 is 17.7 Å². The molecule has 0 bridgehead atoms. The molecule has 1 aliphatic rings. The fraction of sp³-hybridized carbons (Fsp3) is 0.400. The van der Waals surface area contributed by atoms with Crippen molar-refractivity contribution in [1.29, 1.82) is 0 Å². The van der Waals surface area contributed by atoms with E-state index in [0.29, 0.717) is 30.0 Å². The van der Waals surface area contributed by atoms with E-state index in [1.54, 1.807) is 18.9 Å². The van der Waals surface area contributed by atoms with E-state index >= 15 is 0 Å². The van der Waals surface area contributed by atoms with E-state index in [1.165, 1.54) is 11.8 Å². The molecule has 0 fully saturated rings. The van der Waals surface area contributed by atoms with Crippen LogP contribution in [0.5, 0.6) is 11.5 Å². The smallest absolute Gasteiger partial charge is 0.277 e. The van der Waals surface area contributed by atoms with Crippen LogP contribution in [-0.2, 0) is 4.79 Å². The Balaban J connectivity index is 1.49. The molecule has 1 aromatic carbocycles. The van der Waals surface area contributed by atoms with Gasteiger partial charge in [0, 0.05) is 14.0 Å². The molecule has 2 aromatic rings. The van der Waals surface area contributed by atoms with Crippen LogP contribution in [0, 0.1) is 6.92 Å². The van der Waals surface area contributed by atoms with E-state index in [2.05, 4.69) is 10.2 Å². The summed E-state index contributed by atoms with van der Waals surface area (Å²) in [5, 5.41) is 7.97. The first-order valence-electron chi connectivity index (χ1n) is 7.17. The molecule has 0 aliphatic carbocycles. The highest BCUT2D eigenvalue weighted by atomic mass is 32.2. The minimum atomic E-state index is -0.186. The van der Waals surface area contributed by atoms with Gasteiger partial charge in [0.2, 0.25) is 11.8 Å². The fourth-order valence-electron chi connectivity index (χ4n) is 2.13. The second-order valence-electron chi connectivity index (χ2n) is 5.15. The van der Waals surface area contributed by atoms with Gasteiger partial charge in [0.15, 0.2) is 17.6 Å². The third-order valence-corrected chi connectivity index (χ3v) is 4.10. The number of thioether (sulfide) groups is 1. The zero-order valence-corrected chi connectivity index (χ0v) is 13.7. The molecule has 0 saturated heterocycles. The number of benzene rings is 1. The largest absolute Gasteiger partial charge is 0.486 e. The summed E-state index contributed by atoms with van der Waals surface area (Å²) >= 11 is 1.22. The monoisotopic (exact) mass is 335 g/mol. The van der Waals surface area contributed by atoms with Gasteiger partial charge in [-0.05, 0) is 12.1 Å². The van der Waals surface area contributed by atoms with E-state index in [1.807, 2.05) is 24.3 Å². The Labute approximate surface area is 138 Å². The predicted octanol–water partition coefficient (Wildman–Crippen LogP) is 1.77. The van der Waals surface area contributed by atoms with Crippen molar-refractivity contribution in [1.82, 2.24) is 15.1 Å². The Morgan fingerprint density at radius 3 is 2.87 bits per heavy atom. The normalized spacial score (nSPS) is 16.2. The van der Waals surface area contributed by atoms with Gasteiger partial charge in [0.1, 0.15) is 6.61 Å². The van der Waals surface area contributed by atoms with Crippen LogP contribution in [0.2, 0.25) is 0 Å². The van der Waals surface area contributed by atoms with E-state index in [9.17, 15) is 4.79 Å². The number of aryl methyl sites for hydroxylation is 1. The van der Waals surface area contributed by atoms with Crippen molar-refractivity contribution in [2.24, 2.45) is 0 Å². The first-order chi connectivity index (χ1) is 11.1. The number of hydrogen-bond acceptors (Lipinski definition) is 7. The summed E-state index contributed by atoms with van der Waals surface area (Å²) in [6, 6.07) is 7.51. The standard InChI is InChI=1S/C15H17N3O4S/c1-10-16-17-15(21-10)23-9-14(19)18(2)7-11-8-20-12-5-3-4-6-13(12)22-11/h3-6,11H,7-9H2,1-2H3/t11-/m1/s1. The number of carbonyl (C=O) groups excluding carboxylic acids is 1. The SMILES string of the molecule is Cc1nnc(SCC(=O)N(C)C[C@@H]2COc3ccccc3O2)o1. The molecular weight excluding hydrogens is 318 g/mol. The topological polar surface area (TPSA) is 77.7 Å².